The normalized spacial score (nSPS) is 24.0. The van der Waals surface area contributed by atoms with Gasteiger partial charge in [-0.25, -0.2) is 0 Å². The smallest absolute Gasteiger partial charge is 0.308 e. The van der Waals surface area contributed by atoms with Gasteiger partial charge in [-0.3, -0.25) is 9.69 Å². The standard InChI is InChI=1S/C17H25NO3/c1-12-10-18(11-16(12)17(19)20)13(2)4-5-14-6-8-15(21-3)9-7-14/h6-9,12-13,16H,4-5,10-11H2,1-3H3,(H,19,20)/t12-,13?,16-/m1/s1. The number of likely N-dealkylation sites (tertiary alicyclic amines) is 1. The van der Waals surface area contributed by atoms with Gasteiger partial charge in [-0.2, -0.15) is 0 Å². The first-order valence-electron chi connectivity index (χ1n) is 7.61. The fourth-order valence-corrected chi connectivity index (χ4v) is 3.04. The van der Waals surface area contributed by atoms with Gasteiger partial charge in [0.05, 0.1) is 13.0 Å². The van der Waals surface area contributed by atoms with Crippen molar-refractivity contribution in [2.45, 2.75) is 32.7 Å². The topological polar surface area (TPSA) is 49.8 Å². The number of rotatable bonds is 6. The van der Waals surface area contributed by atoms with Crippen LogP contribution < -0.4 is 4.74 Å². The number of aryl methyl sites for hydroxylation is 1. The zero-order valence-electron chi connectivity index (χ0n) is 13.1. The van der Waals surface area contributed by atoms with E-state index in [9.17, 15) is 9.90 Å². The van der Waals surface area contributed by atoms with E-state index in [1.54, 1.807) is 7.11 Å². The highest BCUT2D eigenvalue weighted by molar-refractivity contribution is 5.71. The third kappa shape index (κ3) is 3.97. The van der Waals surface area contributed by atoms with Crippen LogP contribution in [0.3, 0.4) is 0 Å². The van der Waals surface area contributed by atoms with E-state index in [2.05, 4.69) is 24.0 Å². The second-order valence-corrected chi connectivity index (χ2v) is 6.11. The molecule has 116 valence electrons. The maximum Gasteiger partial charge on any atom is 0.308 e. The summed E-state index contributed by atoms with van der Waals surface area (Å²) in [6.07, 6.45) is 2.05. The molecule has 3 atom stereocenters. The van der Waals surface area contributed by atoms with Crippen LogP contribution in [0.25, 0.3) is 0 Å². The lowest BCUT2D eigenvalue weighted by molar-refractivity contribution is -0.142. The Hall–Kier alpha value is -1.55. The van der Waals surface area contributed by atoms with E-state index < -0.39 is 5.97 Å². The van der Waals surface area contributed by atoms with E-state index in [4.69, 9.17) is 4.74 Å². The number of carboxylic acids is 1. The Morgan fingerprint density at radius 2 is 2.05 bits per heavy atom. The lowest BCUT2D eigenvalue weighted by atomic mass is 9.99. The largest absolute Gasteiger partial charge is 0.497 e. The Kier molecular flexibility index (Phi) is 5.23. The number of hydrogen-bond acceptors (Lipinski definition) is 3. The zero-order chi connectivity index (χ0) is 15.4. The molecule has 4 nitrogen and oxygen atoms in total. The summed E-state index contributed by atoms with van der Waals surface area (Å²) in [4.78, 5) is 13.5. The monoisotopic (exact) mass is 291 g/mol. The minimum Gasteiger partial charge on any atom is -0.497 e. The summed E-state index contributed by atoms with van der Waals surface area (Å²) >= 11 is 0. The molecule has 0 spiro atoms. The van der Waals surface area contributed by atoms with Crippen molar-refractivity contribution in [2.24, 2.45) is 11.8 Å². The molecule has 1 saturated heterocycles. The van der Waals surface area contributed by atoms with Crippen LogP contribution in [0.2, 0.25) is 0 Å². The molecule has 1 N–H and O–H groups in total. The molecule has 1 aromatic carbocycles. The van der Waals surface area contributed by atoms with Gasteiger partial charge in [0, 0.05) is 19.1 Å². The van der Waals surface area contributed by atoms with Crippen molar-refractivity contribution in [3.05, 3.63) is 29.8 Å². The summed E-state index contributed by atoms with van der Waals surface area (Å²) in [5.74, 6) is 0.246. The van der Waals surface area contributed by atoms with E-state index in [-0.39, 0.29) is 11.8 Å². The minimum absolute atomic E-state index is 0.214. The van der Waals surface area contributed by atoms with Crippen LogP contribution >= 0.6 is 0 Å². The van der Waals surface area contributed by atoms with Crippen molar-refractivity contribution in [2.75, 3.05) is 20.2 Å². The van der Waals surface area contributed by atoms with E-state index in [1.807, 2.05) is 19.1 Å². The molecule has 4 heteroatoms. The van der Waals surface area contributed by atoms with Crippen LogP contribution in [0.4, 0.5) is 0 Å². The van der Waals surface area contributed by atoms with Crippen molar-refractivity contribution in [3.8, 4) is 5.75 Å². The molecule has 0 radical (unpaired) electrons. The highest BCUT2D eigenvalue weighted by atomic mass is 16.5. The summed E-state index contributed by atoms with van der Waals surface area (Å²) in [5, 5.41) is 9.20. The number of hydrogen-bond donors (Lipinski definition) is 1. The predicted octanol–water partition coefficient (Wildman–Crippen LogP) is 2.67. The average molecular weight is 291 g/mol. The van der Waals surface area contributed by atoms with E-state index in [1.165, 1.54) is 5.56 Å². The number of carbonyl (C=O) groups is 1. The third-order valence-corrected chi connectivity index (χ3v) is 4.59. The maximum atomic E-state index is 11.2. The predicted molar refractivity (Wildman–Crippen MR) is 82.6 cm³/mol. The molecule has 0 aromatic heterocycles. The summed E-state index contributed by atoms with van der Waals surface area (Å²) in [7, 11) is 1.67. The molecule has 21 heavy (non-hydrogen) atoms. The number of ether oxygens (including phenoxy) is 1. The Morgan fingerprint density at radius 3 is 2.57 bits per heavy atom. The molecule has 0 aliphatic carbocycles. The number of methoxy groups -OCH3 is 1. The lowest BCUT2D eigenvalue weighted by Gasteiger charge is -2.24. The van der Waals surface area contributed by atoms with Gasteiger partial charge >= 0.3 is 5.97 Å². The maximum absolute atomic E-state index is 11.2. The molecule has 1 aliphatic heterocycles. The van der Waals surface area contributed by atoms with Gasteiger partial charge < -0.3 is 9.84 Å². The van der Waals surface area contributed by atoms with Gasteiger partial charge in [-0.1, -0.05) is 19.1 Å². The van der Waals surface area contributed by atoms with Crippen LogP contribution in [-0.4, -0.2) is 42.2 Å². The van der Waals surface area contributed by atoms with Gasteiger partial charge in [0.25, 0.3) is 0 Å². The minimum atomic E-state index is -0.660. The summed E-state index contributed by atoms with van der Waals surface area (Å²) in [6, 6.07) is 8.58. The summed E-state index contributed by atoms with van der Waals surface area (Å²) in [5.41, 5.74) is 1.30. The van der Waals surface area contributed by atoms with Crippen molar-refractivity contribution >= 4 is 5.97 Å². The zero-order valence-corrected chi connectivity index (χ0v) is 13.1. The Labute approximate surface area is 126 Å². The molecular weight excluding hydrogens is 266 g/mol. The van der Waals surface area contributed by atoms with Crippen molar-refractivity contribution in [3.63, 3.8) is 0 Å². The number of carboxylic acid groups (broad SMARTS) is 1. The van der Waals surface area contributed by atoms with Gasteiger partial charge in [0.15, 0.2) is 0 Å². The van der Waals surface area contributed by atoms with Gasteiger partial charge in [-0.05, 0) is 43.4 Å². The molecule has 0 bridgehead atoms. The van der Waals surface area contributed by atoms with Gasteiger partial charge in [0.1, 0.15) is 5.75 Å². The molecule has 1 heterocycles. The van der Waals surface area contributed by atoms with E-state index in [0.29, 0.717) is 12.6 Å². The number of aliphatic carboxylic acids is 1. The second kappa shape index (κ2) is 6.94. The van der Waals surface area contributed by atoms with Gasteiger partial charge in [-0.15, -0.1) is 0 Å². The fourth-order valence-electron chi connectivity index (χ4n) is 3.04. The Morgan fingerprint density at radius 1 is 1.38 bits per heavy atom. The fraction of sp³-hybridized carbons (Fsp3) is 0.588. The Bertz CT molecular complexity index is 471. The molecule has 1 fully saturated rings. The SMILES string of the molecule is COc1ccc(CCC(C)N2C[C@@H](C)[C@H](C(=O)O)C2)cc1. The summed E-state index contributed by atoms with van der Waals surface area (Å²) < 4.78 is 5.16. The van der Waals surface area contributed by atoms with Crippen LogP contribution in [0.5, 0.6) is 5.75 Å². The van der Waals surface area contributed by atoms with Crippen LogP contribution in [0, 0.1) is 11.8 Å². The Balaban J connectivity index is 1.84. The van der Waals surface area contributed by atoms with Crippen LogP contribution in [-0.2, 0) is 11.2 Å². The highest BCUT2D eigenvalue weighted by Gasteiger charge is 2.36. The molecule has 0 amide bonds. The van der Waals surface area contributed by atoms with Crippen LogP contribution in [0.15, 0.2) is 24.3 Å². The number of benzene rings is 1. The molecule has 1 aliphatic rings. The lowest BCUT2D eigenvalue weighted by Crippen LogP contribution is -2.32. The third-order valence-electron chi connectivity index (χ3n) is 4.59. The average Bonchev–Trinajstić information content (AvgIpc) is 2.87. The number of nitrogens with zero attached hydrogens (tertiary/aromatic N) is 1. The first kappa shape index (κ1) is 15.8. The van der Waals surface area contributed by atoms with Crippen molar-refractivity contribution in [1.29, 1.82) is 0 Å². The highest BCUT2D eigenvalue weighted by Crippen LogP contribution is 2.26. The van der Waals surface area contributed by atoms with Gasteiger partial charge in [0.2, 0.25) is 0 Å². The van der Waals surface area contributed by atoms with Crippen molar-refractivity contribution < 1.29 is 14.6 Å². The first-order chi connectivity index (χ1) is 10.0. The molecular formula is C17H25NO3. The van der Waals surface area contributed by atoms with E-state index >= 15 is 0 Å². The molecule has 1 unspecified atom stereocenters. The molecule has 0 saturated carbocycles. The second-order valence-electron chi connectivity index (χ2n) is 6.11. The molecule has 2 rings (SSSR count). The quantitative estimate of drug-likeness (QED) is 0.875. The summed E-state index contributed by atoms with van der Waals surface area (Å²) in [6.45, 7) is 5.80. The van der Waals surface area contributed by atoms with Crippen LogP contribution in [0.1, 0.15) is 25.8 Å². The van der Waals surface area contributed by atoms with Crippen molar-refractivity contribution in [1.82, 2.24) is 4.90 Å². The molecule has 1 aromatic rings. The van der Waals surface area contributed by atoms with E-state index in [0.717, 1.165) is 25.1 Å². The first-order valence-corrected chi connectivity index (χ1v) is 7.61.